The molecule has 1 aromatic carbocycles. The molecule has 0 N–H and O–H groups in total. The lowest BCUT2D eigenvalue weighted by molar-refractivity contribution is 0.185. The summed E-state index contributed by atoms with van der Waals surface area (Å²) in [5.41, 5.74) is 2.54. The zero-order valence-corrected chi connectivity index (χ0v) is 11.6. The molecule has 0 aliphatic rings. The fourth-order valence-corrected chi connectivity index (χ4v) is 2.52. The van der Waals surface area contributed by atoms with Gasteiger partial charge in [-0.2, -0.15) is 0 Å². The molecule has 1 heterocycles. The lowest BCUT2D eigenvalue weighted by Crippen LogP contribution is -2.16. The van der Waals surface area contributed by atoms with Crippen molar-refractivity contribution in [2.45, 2.75) is 19.7 Å². The Labute approximate surface area is 112 Å². The van der Waals surface area contributed by atoms with Crippen molar-refractivity contribution in [1.29, 1.82) is 0 Å². The Balaban J connectivity index is 1.88. The first-order valence-electron chi connectivity index (χ1n) is 5.93. The van der Waals surface area contributed by atoms with Crippen LogP contribution in [0.15, 0.2) is 36.5 Å². The molecule has 18 heavy (non-hydrogen) atoms. The van der Waals surface area contributed by atoms with E-state index in [1.54, 1.807) is 18.6 Å². The number of hydrogen-bond donors (Lipinski definition) is 0. The molecule has 0 unspecified atom stereocenters. The molecule has 0 spiro atoms. The predicted octanol–water partition coefficient (Wildman–Crippen LogP) is 2.92. The number of benzene rings is 1. The van der Waals surface area contributed by atoms with Gasteiger partial charge in [0.25, 0.3) is 0 Å². The monoisotopic (exact) mass is 262 g/mol. The third-order valence-corrected chi connectivity index (χ3v) is 3.43. The molecule has 2 rings (SSSR count). The van der Waals surface area contributed by atoms with Crippen molar-refractivity contribution in [3.63, 3.8) is 0 Å². The zero-order valence-electron chi connectivity index (χ0n) is 10.8. The van der Waals surface area contributed by atoms with Crippen LogP contribution in [-0.2, 0) is 24.4 Å². The molecule has 0 saturated carbocycles. The van der Waals surface area contributed by atoms with E-state index in [9.17, 15) is 0 Å². The third kappa shape index (κ3) is 3.91. The second-order valence-electron chi connectivity index (χ2n) is 4.40. The van der Waals surface area contributed by atoms with E-state index in [1.807, 2.05) is 6.20 Å². The van der Waals surface area contributed by atoms with Gasteiger partial charge >= 0.3 is 0 Å². The van der Waals surface area contributed by atoms with Crippen LogP contribution in [0.25, 0.3) is 0 Å². The fourth-order valence-electron chi connectivity index (χ4n) is 1.86. The zero-order chi connectivity index (χ0) is 12.8. The van der Waals surface area contributed by atoms with Crippen molar-refractivity contribution in [2.24, 2.45) is 0 Å². The summed E-state index contributed by atoms with van der Waals surface area (Å²) in [5, 5.41) is 0. The van der Waals surface area contributed by atoms with Gasteiger partial charge in [-0.15, -0.1) is 0 Å². The van der Waals surface area contributed by atoms with Gasteiger partial charge in [0.1, 0.15) is 0 Å². The second kappa shape index (κ2) is 6.64. The second-order valence-corrected chi connectivity index (χ2v) is 5.32. The minimum Gasteiger partial charge on any atom is -0.380 e. The third-order valence-electron chi connectivity index (χ3n) is 2.70. The molecule has 2 aromatic rings. The van der Waals surface area contributed by atoms with Crippen molar-refractivity contribution >= 4 is 11.5 Å². The summed E-state index contributed by atoms with van der Waals surface area (Å²) in [6.45, 7) is 2.58. The summed E-state index contributed by atoms with van der Waals surface area (Å²) in [6.07, 6.45) is 1.85. The summed E-state index contributed by atoms with van der Waals surface area (Å²) in [5.74, 6) is 0. The SMILES string of the molecule is COCc1ccc(CN(C)Cc2ccns2)cc1. The van der Waals surface area contributed by atoms with Crippen LogP contribution in [0.1, 0.15) is 16.0 Å². The first-order valence-corrected chi connectivity index (χ1v) is 6.70. The van der Waals surface area contributed by atoms with Crippen molar-refractivity contribution in [3.8, 4) is 0 Å². The van der Waals surface area contributed by atoms with Gasteiger partial charge < -0.3 is 4.74 Å². The molecule has 0 bridgehead atoms. The van der Waals surface area contributed by atoms with Crippen molar-refractivity contribution in [2.75, 3.05) is 14.2 Å². The molecule has 4 heteroatoms. The van der Waals surface area contributed by atoms with Crippen LogP contribution in [0, 0.1) is 0 Å². The maximum atomic E-state index is 5.10. The number of ether oxygens (including phenoxy) is 1. The Morgan fingerprint density at radius 3 is 2.44 bits per heavy atom. The maximum absolute atomic E-state index is 5.10. The van der Waals surface area contributed by atoms with Crippen LogP contribution in [0.2, 0.25) is 0 Å². The fraction of sp³-hybridized carbons (Fsp3) is 0.357. The highest BCUT2D eigenvalue weighted by molar-refractivity contribution is 7.05. The van der Waals surface area contributed by atoms with E-state index < -0.39 is 0 Å². The number of methoxy groups -OCH3 is 1. The minimum atomic E-state index is 0.678. The molecule has 0 aliphatic heterocycles. The summed E-state index contributed by atoms with van der Waals surface area (Å²) < 4.78 is 9.22. The highest BCUT2D eigenvalue weighted by Gasteiger charge is 2.03. The molecule has 0 aliphatic carbocycles. The molecule has 0 saturated heterocycles. The molecular weight excluding hydrogens is 244 g/mol. The standard InChI is InChI=1S/C14H18N2OS/c1-16(10-14-7-8-15-18-14)9-12-3-5-13(6-4-12)11-17-2/h3-8H,9-11H2,1-2H3. The lowest BCUT2D eigenvalue weighted by Gasteiger charge is -2.15. The van der Waals surface area contributed by atoms with E-state index in [0.717, 1.165) is 13.1 Å². The van der Waals surface area contributed by atoms with E-state index in [2.05, 4.69) is 46.7 Å². The minimum absolute atomic E-state index is 0.678. The Bertz CT molecular complexity index is 453. The van der Waals surface area contributed by atoms with E-state index in [4.69, 9.17) is 4.74 Å². The summed E-state index contributed by atoms with van der Waals surface area (Å²) in [4.78, 5) is 3.59. The van der Waals surface area contributed by atoms with Gasteiger partial charge in [-0.25, -0.2) is 4.37 Å². The maximum Gasteiger partial charge on any atom is 0.0713 e. The van der Waals surface area contributed by atoms with Crippen LogP contribution < -0.4 is 0 Å². The first kappa shape index (κ1) is 13.2. The number of aromatic nitrogens is 1. The summed E-state index contributed by atoms with van der Waals surface area (Å²) in [7, 11) is 3.85. The Kier molecular flexibility index (Phi) is 4.87. The first-order chi connectivity index (χ1) is 8.78. The van der Waals surface area contributed by atoms with Gasteiger partial charge in [-0.1, -0.05) is 24.3 Å². The van der Waals surface area contributed by atoms with Gasteiger partial charge in [0.2, 0.25) is 0 Å². The molecule has 96 valence electrons. The Morgan fingerprint density at radius 1 is 1.11 bits per heavy atom. The van der Waals surface area contributed by atoms with Crippen LogP contribution in [-0.4, -0.2) is 23.4 Å². The molecule has 3 nitrogen and oxygen atoms in total. The van der Waals surface area contributed by atoms with E-state index in [-0.39, 0.29) is 0 Å². The van der Waals surface area contributed by atoms with Gasteiger partial charge in [0, 0.05) is 31.3 Å². The van der Waals surface area contributed by atoms with Crippen LogP contribution in [0.5, 0.6) is 0 Å². The molecule has 0 fully saturated rings. The van der Waals surface area contributed by atoms with Gasteiger partial charge in [-0.3, -0.25) is 4.90 Å². The van der Waals surface area contributed by atoms with Crippen molar-refractivity contribution in [3.05, 3.63) is 52.5 Å². The van der Waals surface area contributed by atoms with E-state index in [1.165, 1.54) is 16.0 Å². The van der Waals surface area contributed by atoms with Crippen LogP contribution in [0.3, 0.4) is 0 Å². The number of nitrogens with zero attached hydrogens (tertiary/aromatic N) is 2. The van der Waals surface area contributed by atoms with Crippen molar-refractivity contribution in [1.82, 2.24) is 9.27 Å². The average molecular weight is 262 g/mol. The highest BCUT2D eigenvalue weighted by atomic mass is 32.1. The Morgan fingerprint density at radius 2 is 1.83 bits per heavy atom. The predicted molar refractivity (Wildman–Crippen MR) is 74.4 cm³/mol. The molecule has 0 amide bonds. The van der Waals surface area contributed by atoms with Crippen LogP contribution >= 0.6 is 11.5 Å². The molecule has 0 radical (unpaired) electrons. The van der Waals surface area contributed by atoms with Crippen molar-refractivity contribution < 1.29 is 4.74 Å². The lowest BCUT2D eigenvalue weighted by atomic mass is 10.1. The van der Waals surface area contributed by atoms with Gasteiger partial charge in [-0.05, 0) is 35.8 Å². The quantitative estimate of drug-likeness (QED) is 0.800. The smallest absolute Gasteiger partial charge is 0.0713 e. The molecule has 0 atom stereocenters. The largest absolute Gasteiger partial charge is 0.380 e. The highest BCUT2D eigenvalue weighted by Crippen LogP contribution is 2.12. The topological polar surface area (TPSA) is 25.4 Å². The summed E-state index contributed by atoms with van der Waals surface area (Å²) in [6, 6.07) is 10.6. The van der Waals surface area contributed by atoms with E-state index >= 15 is 0 Å². The van der Waals surface area contributed by atoms with Crippen LogP contribution in [0.4, 0.5) is 0 Å². The average Bonchev–Trinajstić information content (AvgIpc) is 2.84. The van der Waals surface area contributed by atoms with Gasteiger partial charge in [0.15, 0.2) is 0 Å². The Hall–Kier alpha value is -1.23. The number of hydrogen-bond acceptors (Lipinski definition) is 4. The number of rotatable bonds is 6. The van der Waals surface area contributed by atoms with Gasteiger partial charge in [0.05, 0.1) is 6.61 Å². The van der Waals surface area contributed by atoms with E-state index in [0.29, 0.717) is 6.61 Å². The molecule has 1 aromatic heterocycles. The molecular formula is C14H18N2OS. The normalized spacial score (nSPS) is 11.1. The summed E-state index contributed by atoms with van der Waals surface area (Å²) >= 11 is 1.56.